The highest BCUT2D eigenvalue weighted by molar-refractivity contribution is 5.73. The van der Waals surface area contributed by atoms with E-state index in [1.807, 2.05) is 0 Å². The Bertz CT molecular complexity index is 180. The Kier molecular flexibility index (Phi) is 7.45. The predicted molar refractivity (Wildman–Crippen MR) is 62.3 cm³/mol. The summed E-state index contributed by atoms with van der Waals surface area (Å²) in [6, 6.07) is 0. The lowest BCUT2D eigenvalue weighted by molar-refractivity contribution is -0.105. The first-order chi connectivity index (χ1) is 6.61. The first-order valence-corrected chi connectivity index (χ1v) is 5.77. The minimum absolute atomic E-state index is 0.435. The van der Waals surface area contributed by atoms with Crippen molar-refractivity contribution in [2.24, 2.45) is 11.8 Å². The number of hydrogen-bond acceptors (Lipinski definition) is 1. The van der Waals surface area contributed by atoms with Crippen molar-refractivity contribution in [1.29, 1.82) is 0 Å². The van der Waals surface area contributed by atoms with Gasteiger partial charge in [0.05, 0.1) is 0 Å². The molecular weight excluding hydrogens is 172 g/mol. The van der Waals surface area contributed by atoms with Crippen LogP contribution < -0.4 is 0 Å². The highest BCUT2D eigenvalue weighted by Gasteiger charge is 2.06. The third-order valence-electron chi connectivity index (χ3n) is 2.55. The van der Waals surface area contributed by atoms with Gasteiger partial charge in [-0.15, -0.1) is 0 Å². The second kappa shape index (κ2) is 7.78. The molecule has 1 unspecified atom stereocenters. The molecule has 14 heavy (non-hydrogen) atoms. The van der Waals surface area contributed by atoms with Gasteiger partial charge >= 0.3 is 0 Å². The molecule has 0 spiro atoms. The molecule has 0 bridgehead atoms. The number of rotatable bonds is 7. The predicted octanol–water partition coefficient (Wildman–Crippen LogP) is 3.98. The zero-order chi connectivity index (χ0) is 11.0. The number of carbonyl (C=O) groups excluding carboxylic acids is 1. The van der Waals surface area contributed by atoms with Crippen molar-refractivity contribution in [3.63, 3.8) is 0 Å². The summed E-state index contributed by atoms with van der Waals surface area (Å²) in [7, 11) is 0. The summed E-state index contributed by atoms with van der Waals surface area (Å²) in [4.78, 5) is 10.8. The van der Waals surface area contributed by atoms with Crippen LogP contribution in [-0.2, 0) is 4.79 Å². The SMILES string of the molecule is CCCC(C)C(C=O)=CCCC(C)C. The summed E-state index contributed by atoms with van der Waals surface area (Å²) in [6.45, 7) is 8.72. The second-order valence-corrected chi connectivity index (χ2v) is 4.48. The van der Waals surface area contributed by atoms with Crippen LogP contribution in [0.1, 0.15) is 53.4 Å². The van der Waals surface area contributed by atoms with Gasteiger partial charge < -0.3 is 0 Å². The molecule has 0 aromatic rings. The summed E-state index contributed by atoms with van der Waals surface area (Å²) in [5.41, 5.74) is 0.993. The Balaban J connectivity index is 4.03. The first-order valence-electron chi connectivity index (χ1n) is 5.77. The van der Waals surface area contributed by atoms with Crippen LogP contribution in [0.3, 0.4) is 0 Å². The van der Waals surface area contributed by atoms with Crippen LogP contribution in [0, 0.1) is 11.8 Å². The number of allylic oxidation sites excluding steroid dienone is 2. The van der Waals surface area contributed by atoms with Gasteiger partial charge in [0.2, 0.25) is 0 Å². The van der Waals surface area contributed by atoms with Crippen molar-refractivity contribution in [3.8, 4) is 0 Å². The molecule has 0 aliphatic rings. The van der Waals surface area contributed by atoms with Crippen molar-refractivity contribution in [3.05, 3.63) is 11.6 Å². The van der Waals surface area contributed by atoms with E-state index >= 15 is 0 Å². The van der Waals surface area contributed by atoms with Gasteiger partial charge in [-0.25, -0.2) is 0 Å². The topological polar surface area (TPSA) is 17.1 Å². The van der Waals surface area contributed by atoms with Gasteiger partial charge in [-0.05, 0) is 36.7 Å². The average molecular weight is 196 g/mol. The standard InChI is InChI=1S/C13H24O/c1-5-7-12(4)13(10-14)9-6-8-11(2)3/h9-12H,5-8H2,1-4H3. The van der Waals surface area contributed by atoms with Gasteiger partial charge in [-0.2, -0.15) is 0 Å². The molecule has 0 fully saturated rings. The molecule has 1 atom stereocenters. The number of aldehydes is 1. The zero-order valence-corrected chi connectivity index (χ0v) is 10.0. The maximum Gasteiger partial charge on any atom is 0.145 e. The number of hydrogen-bond donors (Lipinski definition) is 0. The van der Waals surface area contributed by atoms with Gasteiger partial charge in [-0.3, -0.25) is 4.79 Å². The molecule has 0 aromatic heterocycles. The fraction of sp³-hybridized carbons (Fsp3) is 0.769. The average Bonchev–Trinajstić information content (AvgIpc) is 2.12. The molecule has 0 amide bonds. The van der Waals surface area contributed by atoms with Crippen LogP contribution in [0.25, 0.3) is 0 Å². The van der Waals surface area contributed by atoms with Gasteiger partial charge in [0.15, 0.2) is 0 Å². The minimum Gasteiger partial charge on any atom is -0.298 e. The van der Waals surface area contributed by atoms with Crippen molar-refractivity contribution in [2.45, 2.75) is 53.4 Å². The maximum atomic E-state index is 10.8. The lowest BCUT2D eigenvalue weighted by atomic mass is 9.95. The third-order valence-corrected chi connectivity index (χ3v) is 2.55. The lowest BCUT2D eigenvalue weighted by Crippen LogP contribution is -2.00. The Morgan fingerprint density at radius 3 is 2.29 bits per heavy atom. The summed E-state index contributed by atoms with van der Waals surface area (Å²) in [6.07, 6.45) is 7.63. The Morgan fingerprint density at radius 1 is 1.21 bits per heavy atom. The second-order valence-electron chi connectivity index (χ2n) is 4.48. The lowest BCUT2D eigenvalue weighted by Gasteiger charge is -2.09. The van der Waals surface area contributed by atoms with Crippen molar-refractivity contribution in [2.75, 3.05) is 0 Å². The molecule has 82 valence electrons. The molecule has 0 N–H and O–H groups in total. The van der Waals surface area contributed by atoms with Crippen LogP contribution >= 0.6 is 0 Å². The van der Waals surface area contributed by atoms with Crippen LogP contribution in [0.5, 0.6) is 0 Å². The van der Waals surface area contributed by atoms with E-state index in [4.69, 9.17) is 0 Å². The van der Waals surface area contributed by atoms with E-state index < -0.39 is 0 Å². The smallest absolute Gasteiger partial charge is 0.145 e. The van der Waals surface area contributed by atoms with Gasteiger partial charge in [0, 0.05) is 0 Å². The largest absolute Gasteiger partial charge is 0.298 e. The molecule has 1 nitrogen and oxygen atoms in total. The molecule has 0 heterocycles. The highest BCUT2D eigenvalue weighted by Crippen LogP contribution is 2.16. The fourth-order valence-electron chi connectivity index (χ4n) is 1.55. The molecule has 0 saturated carbocycles. The van der Waals surface area contributed by atoms with E-state index in [2.05, 4.69) is 33.8 Å². The Labute approximate surface area is 88.6 Å². The molecule has 0 rings (SSSR count). The van der Waals surface area contributed by atoms with Crippen LogP contribution in [0.2, 0.25) is 0 Å². The zero-order valence-electron chi connectivity index (χ0n) is 10.0. The van der Waals surface area contributed by atoms with Crippen molar-refractivity contribution >= 4 is 6.29 Å². The monoisotopic (exact) mass is 196 g/mol. The first kappa shape index (κ1) is 13.4. The Hall–Kier alpha value is -0.590. The summed E-state index contributed by atoms with van der Waals surface area (Å²) in [5.74, 6) is 1.16. The molecular formula is C13H24O. The fourth-order valence-corrected chi connectivity index (χ4v) is 1.55. The Morgan fingerprint density at radius 2 is 1.86 bits per heavy atom. The third kappa shape index (κ3) is 5.95. The van der Waals surface area contributed by atoms with Crippen LogP contribution in [0.15, 0.2) is 11.6 Å². The van der Waals surface area contributed by atoms with Gasteiger partial charge in [-0.1, -0.05) is 40.2 Å². The summed E-state index contributed by atoms with van der Waals surface area (Å²) in [5, 5.41) is 0. The van der Waals surface area contributed by atoms with Crippen LogP contribution in [0.4, 0.5) is 0 Å². The minimum atomic E-state index is 0.435. The van der Waals surface area contributed by atoms with E-state index in [1.165, 1.54) is 6.42 Å². The molecule has 0 radical (unpaired) electrons. The number of carbonyl (C=O) groups is 1. The molecule has 0 aromatic carbocycles. The normalized spacial score (nSPS) is 14.5. The van der Waals surface area contributed by atoms with Gasteiger partial charge in [0.1, 0.15) is 6.29 Å². The molecule has 1 heteroatoms. The van der Waals surface area contributed by atoms with E-state index in [1.54, 1.807) is 0 Å². The van der Waals surface area contributed by atoms with E-state index in [0.717, 1.165) is 37.0 Å². The van der Waals surface area contributed by atoms with Gasteiger partial charge in [0.25, 0.3) is 0 Å². The quantitative estimate of drug-likeness (QED) is 0.444. The summed E-state index contributed by atoms with van der Waals surface area (Å²) < 4.78 is 0. The highest BCUT2D eigenvalue weighted by atomic mass is 16.1. The molecule has 0 saturated heterocycles. The van der Waals surface area contributed by atoms with Crippen LogP contribution in [-0.4, -0.2) is 6.29 Å². The van der Waals surface area contributed by atoms with E-state index in [-0.39, 0.29) is 0 Å². The maximum absolute atomic E-state index is 10.8. The summed E-state index contributed by atoms with van der Waals surface area (Å²) >= 11 is 0. The molecule has 0 aliphatic heterocycles. The van der Waals surface area contributed by atoms with Crippen molar-refractivity contribution < 1.29 is 4.79 Å². The molecule has 0 aliphatic carbocycles. The van der Waals surface area contributed by atoms with Crippen molar-refractivity contribution in [1.82, 2.24) is 0 Å². The van der Waals surface area contributed by atoms with E-state index in [0.29, 0.717) is 5.92 Å². The van der Waals surface area contributed by atoms with E-state index in [9.17, 15) is 4.79 Å².